The minimum absolute atomic E-state index is 0.443. The Morgan fingerprint density at radius 1 is 1.73 bits per heavy atom. The Labute approximate surface area is 73.3 Å². The van der Waals surface area contributed by atoms with Crippen LogP contribution in [0.5, 0.6) is 0 Å². The predicted molar refractivity (Wildman–Crippen MR) is 45.0 cm³/mol. The summed E-state index contributed by atoms with van der Waals surface area (Å²) in [5.74, 6) is 0.590. The Morgan fingerprint density at radius 3 is 2.73 bits per heavy atom. The number of hydrogen-bond acceptors (Lipinski definition) is 3. The van der Waals surface area contributed by atoms with Crippen molar-refractivity contribution >= 4 is 15.9 Å². The van der Waals surface area contributed by atoms with Crippen molar-refractivity contribution in [2.75, 3.05) is 0 Å². The van der Waals surface area contributed by atoms with Crippen LogP contribution in [0.4, 0.5) is 0 Å². The van der Waals surface area contributed by atoms with Gasteiger partial charge in [-0.05, 0) is 28.9 Å². The largest absolute Gasteiger partial charge is 0.466 e. The zero-order valence-electron chi connectivity index (χ0n) is 6.12. The number of furan rings is 1. The van der Waals surface area contributed by atoms with E-state index in [1.165, 1.54) is 6.26 Å². The summed E-state index contributed by atoms with van der Waals surface area (Å²) in [6.07, 6.45) is 0.949. The van der Waals surface area contributed by atoms with Crippen molar-refractivity contribution in [2.24, 2.45) is 5.73 Å². The molecule has 1 aromatic rings. The molecule has 0 saturated heterocycles. The van der Waals surface area contributed by atoms with E-state index in [1.807, 2.05) is 0 Å². The molecule has 3 nitrogen and oxygen atoms in total. The second-order valence-corrected chi connectivity index (χ2v) is 3.35. The summed E-state index contributed by atoms with van der Waals surface area (Å²) in [7, 11) is 0. The van der Waals surface area contributed by atoms with E-state index in [0.717, 1.165) is 4.47 Å². The lowest BCUT2D eigenvalue weighted by atomic mass is 10.1. The van der Waals surface area contributed by atoms with Gasteiger partial charge in [0.2, 0.25) is 0 Å². The molecule has 2 unspecified atom stereocenters. The fraction of sp³-hybridized carbons (Fsp3) is 0.429. The van der Waals surface area contributed by atoms with Gasteiger partial charge in [-0.2, -0.15) is 0 Å². The molecule has 0 amide bonds. The minimum Gasteiger partial charge on any atom is -0.466 e. The smallest absolute Gasteiger partial charge is 0.124 e. The Bertz CT molecular complexity index is 234. The molecule has 1 heterocycles. The van der Waals surface area contributed by atoms with Crippen molar-refractivity contribution in [2.45, 2.75) is 19.1 Å². The van der Waals surface area contributed by atoms with Crippen molar-refractivity contribution in [3.63, 3.8) is 0 Å². The molecule has 1 rings (SSSR count). The van der Waals surface area contributed by atoms with E-state index in [9.17, 15) is 0 Å². The van der Waals surface area contributed by atoms with E-state index in [4.69, 9.17) is 15.3 Å². The number of aliphatic hydroxyl groups is 1. The first kappa shape index (κ1) is 8.77. The Morgan fingerprint density at radius 2 is 2.36 bits per heavy atom. The van der Waals surface area contributed by atoms with Gasteiger partial charge in [0.05, 0.1) is 16.6 Å². The predicted octanol–water partition coefficient (Wildman–Crippen LogP) is 1.42. The van der Waals surface area contributed by atoms with E-state index in [-0.39, 0.29) is 0 Å². The van der Waals surface area contributed by atoms with Gasteiger partial charge in [-0.25, -0.2) is 0 Å². The van der Waals surface area contributed by atoms with Crippen LogP contribution in [0.1, 0.15) is 18.7 Å². The first-order valence-electron chi connectivity index (χ1n) is 3.29. The van der Waals surface area contributed by atoms with Crippen LogP contribution >= 0.6 is 15.9 Å². The maximum Gasteiger partial charge on any atom is 0.124 e. The van der Waals surface area contributed by atoms with Gasteiger partial charge in [0.25, 0.3) is 0 Å². The first-order chi connectivity index (χ1) is 5.11. The van der Waals surface area contributed by atoms with Crippen LogP contribution in [0.2, 0.25) is 0 Å². The van der Waals surface area contributed by atoms with Crippen LogP contribution in [-0.4, -0.2) is 11.2 Å². The number of rotatable bonds is 2. The van der Waals surface area contributed by atoms with Crippen molar-refractivity contribution in [1.29, 1.82) is 0 Å². The molecule has 0 fully saturated rings. The lowest BCUT2D eigenvalue weighted by molar-refractivity contribution is 0.153. The molecule has 1 aromatic heterocycles. The van der Waals surface area contributed by atoms with Crippen LogP contribution in [0.3, 0.4) is 0 Å². The molecular weight excluding hydrogens is 210 g/mol. The summed E-state index contributed by atoms with van der Waals surface area (Å²) in [6.45, 7) is 1.63. The Balaban J connectivity index is 2.76. The second kappa shape index (κ2) is 3.38. The maximum atomic E-state index is 9.08. The van der Waals surface area contributed by atoms with Crippen LogP contribution in [-0.2, 0) is 0 Å². The summed E-state index contributed by atoms with van der Waals surface area (Å²) in [5, 5.41) is 9.08. The maximum absolute atomic E-state index is 9.08. The molecular formula is C7H10BrNO2. The SMILES string of the molecule is CC(O)C(N)c1cc(Br)co1. The normalized spacial score (nSPS) is 16.4. The van der Waals surface area contributed by atoms with E-state index in [2.05, 4.69) is 15.9 Å². The zero-order valence-corrected chi connectivity index (χ0v) is 7.71. The van der Waals surface area contributed by atoms with Gasteiger partial charge in [-0.3, -0.25) is 0 Å². The average molecular weight is 220 g/mol. The van der Waals surface area contributed by atoms with E-state index in [0.29, 0.717) is 5.76 Å². The quantitative estimate of drug-likeness (QED) is 0.792. The highest BCUT2D eigenvalue weighted by atomic mass is 79.9. The number of hydrogen-bond donors (Lipinski definition) is 2. The van der Waals surface area contributed by atoms with Gasteiger partial charge in [-0.15, -0.1) is 0 Å². The molecule has 62 valence electrons. The highest BCUT2D eigenvalue weighted by Crippen LogP contribution is 2.20. The molecule has 0 aliphatic rings. The van der Waals surface area contributed by atoms with Gasteiger partial charge < -0.3 is 15.3 Å². The highest BCUT2D eigenvalue weighted by molar-refractivity contribution is 9.10. The molecule has 0 saturated carbocycles. The molecule has 4 heteroatoms. The van der Waals surface area contributed by atoms with Crippen LogP contribution in [0, 0.1) is 0 Å². The summed E-state index contributed by atoms with van der Waals surface area (Å²) < 4.78 is 5.89. The zero-order chi connectivity index (χ0) is 8.43. The van der Waals surface area contributed by atoms with Gasteiger partial charge in [0.1, 0.15) is 12.0 Å². The molecule has 0 aromatic carbocycles. The van der Waals surface area contributed by atoms with E-state index < -0.39 is 12.1 Å². The molecule has 0 radical (unpaired) electrons. The molecule has 0 bridgehead atoms. The lowest BCUT2D eigenvalue weighted by Crippen LogP contribution is -2.22. The molecule has 0 spiro atoms. The molecule has 0 aliphatic heterocycles. The molecule has 0 aliphatic carbocycles. The molecule has 11 heavy (non-hydrogen) atoms. The van der Waals surface area contributed by atoms with Crippen molar-refractivity contribution < 1.29 is 9.52 Å². The van der Waals surface area contributed by atoms with Gasteiger partial charge in [0.15, 0.2) is 0 Å². The number of nitrogens with two attached hydrogens (primary N) is 1. The van der Waals surface area contributed by atoms with Gasteiger partial charge in [-0.1, -0.05) is 0 Å². The van der Waals surface area contributed by atoms with Gasteiger partial charge in [0, 0.05) is 0 Å². The van der Waals surface area contributed by atoms with E-state index >= 15 is 0 Å². The summed E-state index contributed by atoms with van der Waals surface area (Å²) in [4.78, 5) is 0. The monoisotopic (exact) mass is 219 g/mol. The van der Waals surface area contributed by atoms with Gasteiger partial charge >= 0.3 is 0 Å². The van der Waals surface area contributed by atoms with Crippen molar-refractivity contribution in [3.8, 4) is 0 Å². The highest BCUT2D eigenvalue weighted by Gasteiger charge is 2.15. The van der Waals surface area contributed by atoms with E-state index in [1.54, 1.807) is 13.0 Å². The summed E-state index contributed by atoms with van der Waals surface area (Å²) in [6, 6.07) is 1.30. The average Bonchev–Trinajstić information content (AvgIpc) is 2.34. The number of aliphatic hydroxyl groups excluding tert-OH is 1. The van der Waals surface area contributed by atoms with Crippen LogP contribution < -0.4 is 5.73 Å². The number of halogens is 1. The van der Waals surface area contributed by atoms with Crippen molar-refractivity contribution in [3.05, 3.63) is 22.6 Å². The first-order valence-corrected chi connectivity index (χ1v) is 4.08. The van der Waals surface area contributed by atoms with Crippen LogP contribution in [0.25, 0.3) is 0 Å². The minimum atomic E-state index is -0.590. The fourth-order valence-electron chi connectivity index (χ4n) is 0.741. The van der Waals surface area contributed by atoms with Crippen molar-refractivity contribution in [1.82, 2.24) is 0 Å². The fourth-order valence-corrected chi connectivity index (χ4v) is 1.06. The summed E-state index contributed by atoms with van der Waals surface area (Å²) >= 11 is 3.22. The third-order valence-electron chi connectivity index (χ3n) is 1.44. The standard InChI is InChI=1S/C7H10BrNO2/c1-4(10)7(9)6-2-5(8)3-11-6/h2-4,7,10H,9H2,1H3. The molecule has 3 N–H and O–H groups in total. The lowest BCUT2D eigenvalue weighted by Gasteiger charge is -2.10. The Hall–Kier alpha value is -0.320. The second-order valence-electron chi connectivity index (χ2n) is 2.43. The summed E-state index contributed by atoms with van der Waals surface area (Å²) in [5.41, 5.74) is 5.59. The van der Waals surface area contributed by atoms with Crippen LogP contribution in [0.15, 0.2) is 21.2 Å². The third-order valence-corrected chi connectivity index (χ3v) is 1.85. The molecule has 2 atom stereocenters. The topological polar surface area (TPSA) is 59.4 Å². The third kappa shape index (κ3) is 2.05. The Kier molecular flexibility index (Phi) is 2.70.